The van der Waals surface area contributed by atoms with Crippen LogP contribution in [0, 0.1) is 6.92 Å². The SMILES string of the molecule is COc1ccc(OC)c(C(=O)N[C@H](C)c2ccc(C)o2)c1. The van der Waals surface area contributed by atoms with E-state index in [1.54, 1.807) is 25.3 Å². The summed E-state index contributed by atoms with van der Waals surface area (Å²) in [5.41, 5.74) is 0.423. The molecular weight excluding hydrogens is 270 g/mol. The van der Waals surface area contributed by atoms with Gasteiger partial charge < -0.3 is 19.2 Å². The minimum absolute atomic E-state index is 0.234. The highest BCUT2D eigenvalue weighted by Gasteiger charge is 2.18. The number of benzene rings is 1. The third kappa shape index (κ3) is 3.37. The van der Waals surface area contributed by atoms with Gasteiger partial charge in [0.05, 0.1) is 25.8 Å². The molecule has 1 aromatic heterocycles. The van der Waals surface area contributed by atoms with Crippen molar-refractivity contribution in [3.05, 3.63) is 47.4 Å². The summed E-state index contributed by atoms with van der Waals surface area (Å²) in [4.78, 5) is 12.4. The molecule has 1 amide bonds. The number of methoxy groups -OCH3 is 2. The molecule has 0 saturated carbocycles. The number of carbonyl (C=O) groups is 1. The Bertz CT molecular complexity index is 633. The third-order valence-corrected chi connectivity index (χ3v) is 3.19. The zero-order valence-electron chi connectivity index (χ0n) is 12.6. The highest BCUT2D eigenvalue weighted by Crippen LogP contribution is 2.25. The van der Waals surface area contributed by atoms with Crippen molar-refractivity contribution in [2.75, 3.05) is 14.2 Å². The van der Waals surface area contributed by atoms with E-state index in [4.69, 9.17) is 13.9 Å². The molecule has 0 unspecified atom stereocenters. The van der Waals surface area contributed by atoms with Crippen molar-refractivity contribution in [3.8, 4) is 11.5 Å². The zero-order valence-corrected chi connectivity index (χ0v) is 12.6. The summed E-state index contributed by atoms with van der Waals surface area (Å²) in [5.74, 6) is 2.37. The number of amides is 1. The summed E-state index contributed by atoms with van der Waals surface area (Å²) in [5, 5.41) is 2.88. The fraction of sp³-hybridized carbons (Fsp3) is 0.312. The lowest BCUT2D eigenvalue weighted by Crippen LogP contribution is -2.26. The first-order chi connectivity index (χ1) is 10.0. The number of furan rings is 1. The molecule has 2 rings (SSSR count). The first kappa shape index (κ1) is 15.0. The van der Waals surface area contributed by atoms with Gasteiger partial charge in [0.25, 0.3) is 5.91 Å². The molecule has 21 heavy (non-hydrogen) atoms. The van der Waals surface area contributed by atoms with Crippen LogP contribution in [0.1, 0.15) is 34.8 Å². The first-order valence-electron chi connectivity index (χ1n) is 6.64. The number of rotatable bonds is 5. The van der Waals surface area contributed by atoms with Crippen molar-refractivity contribution in [2.45, 2.75) is 19.9 Å². The van der Waals surface area contributed by atoms with E-state index in [9.17, 15) is 4.79 Å². The average Bonchev–Trinajstić information content (AvgIpc) is 2.93. The van der Waals surface area contributed by atoms with Gasteiger partial charge in [-0.05, 0) is 44.2 Å². The molecule has 0 bridgehead atoms. The van der Waals surface area contributed by atoms with E-state index < -0.39 is 0 Å². The van der Waals surface area contributed by atoms with E-state index in [0.29, 0.717) is 22.8 Å². The lowest BCUT2D eigenvalue weighted by molar-refractivity contribution is 0.0931. The Morgan fingerprint density at radius 3 is 2.52 bits per heavy atom. The maximum absolute atomic E-state index is 12.4. The Hall–Kier alpha value is -2.43. The predicted molar refractivity (Wildman–Crippen MR) is 78.9 cm³/mol. The van der Waals surface area contributed by atoms with Crippen LogP contribution in [0.25, 0.3) is 0 Å². The quantitative estimate of drug-likeness (QED) is 0.918. The lowest BCUT2D eigenvalue weighted by atomic mass is 10.1. The monoisotopic (exact) mass is 289 g/mol. The highest BCUT2D eigenvalue weighted by atomic mass is 16.5. The molecule has 2 aromatic rings. The molecule has 1 atom stereocenters. The third-order valence-electron chi connectivity index (χ3n) is 3.19. The molecule has 0 aliphatic carbocycles. The topological polar surface area (TPSA) is 60.7 Å². The zero-order chi connectivity index (χ0) is 15.4. The fourth-order valence-corrected chi connectivity index (χ4v) is 2.02. The van der Waals surface area contributed by atoms with Crippen LogP contribution >= 0.6 is 0 Å². The van der Waals surface area contributed by atoms with Crippen LogP contribution in [0.5, 0.6) is 11.5 Å². The van der Waals surface area contributed by atoms with E-state index in [1.807, 2.05) is 26.0 Å². The number of aryl methyl sites for hydroxylation is 1. The molecule has 1 aromatic carbocycles. The van der Waals surface area contributed by atoms with Crippen molar-refractivity contribution in [3.63, 3.8) is 0 Å². The average molecular weight is 289 g/mol. The van der Waals surface area contributed by atoms with Crippen molar-refractivity contribution < 1.29 is 18.7 Å². The molecule has 1 N–H and O–H groups in total. The summed E-state index contributed by atoms with van der Waals surface area (Å²) in [6, 6.07) is 8.58. The molecule has 5 heteroatoms. The number of nitrogens with one attached hydrogen (secondary N) is 1. The van der Waals surface area contributed by atoms with Crippen LogP contribution in [-0.4, -0.2) is 20.1 Å². The fourth-order valence-electron chi connectivity index (χ4n) is 2.02. The van der Waals surface area contributed by atoms with Gasteiger partial charge >= 0.3 is 0 Å². The number of hydrogen-bond donors (Lipinski definition) is 1. The predicted octanol–water partition coefficient (Wildman–Crippen LogP) is 3.10. The second-order valence-corrected chi connectivity index (χ2v) is 4.71. The number of carbonyl (C=O) groups excluding carboxylic acids is 1. The molecule has 0 fully saturated rings. The van der Waals surface area contributed by atoms with Crippen LogP contribution in [0.2, 0.25) is 0 Å². The van der Waals surface area contributed by atoms with Crippen molar-refractivity contribution in [2.24, 2.45) is 0 Å². The van der Waals surface area contributed by atoms with Crippen molar-refractivity contribution in [1.29, 1.82) is 0 Å². The van der Waals surface area contributed by atoms with Crippen LogP contribution in [0.15, 0.2) is 34.7 Å². The van der Waals surface area contributed by atoms with E-state index >= 15 is 0 Å². The van der Waals surface area contributed by atoms with Gasteiger partial charge in [-0.2, -0.15) is 0 Å². The van der Waals surface area contributed by atoms with Crippen LogP contribution in [-0.2, 0) is 0 Å². The van der Waals surface area contributed by atoms with Gasteiger partial charge in [-0.15, -0.1) is 0 Å². The Morgan fingerprint density at radius 2 is 1.95 bits per heavy atom. The van der Waals surface area contributed by atoms with Gasteiger partial charge in [-0.3, -0.25) is 4.79 Å². The molecule has 0 radical (unpaired) electrons. The normalized spacial score (nSPS) is 11.8. The van der Waals surface area contributed by atoms with E-state index in [0.717, 1.165) is 5.76 Å². The van der Waals surface area contributed by atoms with Gasteiger partial charge in [-0.1, -0.05) is 0 Å². The van der Waals surface area contributed by atoms with Gasteiger partial charge in [0.2, 0.25) is 0 Å². The van der Waals surface area contributed by atoms with Gasteiger partial charge in [0.1, 0.15) is 23.0 Å². The molecular formula is C16H19NO4. The van der Waals surface area contributed by atoms with Crippen molar-refractivity contribution in [1.82, 2.24) is 5.32 Å². The summed E-state index contributed by atoms with van der Waals surface area (Å²) in [6.07, 6.45) is 0. The molecule has 0 aliphatic heterocycles. The first-order valence-corrected chi connectivity index (χ1v) is 6.64. The molecule has 5 nitrogen and oxygen atoms in total. The van der Waals surface area contributed by atoms with Gasteiger partial charge in [0.15, 0.2) is 0 Å². The lowest BCUT2D eigenvalue weighted by Gasteiger charge is -2.14. The number of ether oxygens (including phenoxy) is 2. The molecule has 0 saturated heterocycles. The molecule has 112 valence electrons. The summed E-state index contributed by atoms with van der Waals surface area (Å²) in [7, 11) is 3.08. The van der Waals surface area contributed by atoms with Gasteiger partial charge in [0, 0.05) is 0 Å². The highest BCUT2D eigenvalue weighted by molar-refractivity contribution is 5.97. The maximum atomic E-state index is 12.4. The summed E-state index contributed by atoms with van der Waals surface area (Å²) >= 11 is 0. The maximum Gasteiger partial charge on any atom is 0.255 e. The standard InChI is InChI=1S/C16H19NO4/c1-10-5-7-14(21-10)11(2)17-16(18)13-9-12(19-3)6-8-15(13)20-4/h5-9,11H,1-4H3,(H,17,18)/t11-/m1/s1. The van der Waals surface area contributed by atoms with E-state index in [1.165, 1.54) is 7.11 Å². The second-order valence-electron chi connectivity index (χ2n) is 4.71. The molecule has 0 aliphatic rings. The van der Waals surface area contributed by atoms with Crippen molar-refractivity contribution >= 4 is 5.91 Å². The summed E-state index contributed by atoms with van der Waals surface area (Å²) in [6.45, 7) is 3.73. The number of hydrogen-bond acceptors (Lipinski definition) is 4. The Kier molecular flexibility index (Phi) is 4.52. The Labute approximate surface area is 123 Å². The Morgan fingerprint density at radius 1 is 1.19 bits per heavy atom. The van der Waals surface area contributed by atoms with Crippen LogP contribution < -0.4 is 14.8 Å². The molecule has 1 heterocycles. The van der Waals surface area contributed by atoms with E-state index in [2.05, 4.69) is 5.32 Å². The largest absolute Gasteiger partial charge is 0.497 e. The Balaban J connectivity index is 2.19. The minimum Gasteiger partial charge on any atom is -0.497 e. The van der Waals surface area contributed by atoms with Crippen LogP contribution in [0.4, 0.5) is 0 Å². The van der Waals surface area contributed by atoms with Gasteiger partial charge in [-0.25, -0.2) is 0 Å². The second kappa shape index (κ2) is 6.35. The minimum atomic E-state index is -0.243. The summed E-state index contributed by atoms with van der Waals surface area (Å²) < 4.78 is 15.9. The molecule has 0 spiro atoms. The van der Waals surface area contributed by atoms with E-state index in [-0.39, 0.29) is 11.9 Å². The van der Waals surface area contributed by atoms with Crippen LogP contribution in [0.3, 0.4) is 0 Å². The smallest absolute Gasteiger partial charge is 0.255 e.